The molecular formula is C16H22FN3O4S. The summed E-state index contributed by atoms with van der Waals surface area (Å²) in [4.78, 5) is 4.24. The van der Waals surface area contributed by atoms with Gasteiger partial charge in [-0.3, -0.25) is 0 Å². The Hall–Kier alpha value is -2.00. The second kappa shape index (κ2) is 7.92. The zero-order chi connectivity index (χ0) is 18.5. The molecule has 0 aliphatic carbocycles. The third kappa shape index (κ3) is 6.43. The maximum absolute atomic E-state index is 12.8. The number of hydrogen-bond acceptors (Lipinski definition) is 6. The minimum atomic E-state index is -3.49. The van der Waals surface area contributed by atoms with Gasteiger partial charge < -0.3 is 9.26 Å². The predicted octanol–water partition coefficient (Wildman–Crippen LogP) is 2.05. The zero-order valence-corrected chi connectivity index (χ0v) is 15.3. The number of hydrogen-bond donors (Lipinski definition) is 1. The summed E-state index contributed by atoms with van der Waals surface area (Å²) in [5.74, 6) is 0.799. The van der Waals surface area contributed by atoms with Gasteiger partial charge in [0.15, 0.2) is 5.82 Å². The molecule has 9 heteroatoms. The molecule has 0 aliphatic rings. The van der Waals surface area contributed by atoms with E-state index >= 15 is 0 Å². The van der Waals surface area contributed by atoms with E-state index in [9.17, 15) is 12.8 Å². The van der Waals surface area contributed by atoms with Gasteiger partial charge in [0, 0.05) is 18.4 Å². The molecule has 0 aliphatic heterocycles. The van der Waals surface area contributed by atoms with Crippen molar-refractivity contribution in [3.05, 3.63) is 41.8 Å². The minimum Gasteiger partial charge on any atom is -0.492 e. The van der Waals surface area contributed by atoms with Crippen LogP contribution in [0.4, 0.5) is 4.39 Å². The molecule has 0 unspecified atom stereocenters. The van der Waals surface area contributed by atoms with Gasteiger partial charge in [0.1, 0.15) is 18.2 Å². The fourth-order valence-corrected chi connectivity index (χ4v) is 2.71. The van der Waals surface area contributed by atoms with Crippen LogP contribution < -0.4 is 9.46 Å². The van der Waals surface area contributed by atoms with Gasteiger partial charge in [-0.2, -0.15) is 4.98 Å². The van der Waals surface area contributed by atoms with Crippen molar-refractivity contribution in [3.63, 3.8) is 0 Å². The monoisotopic (exact) mass is 371 g/mol. The lowest BCUT2D eigenvalue weighted by atomic mass is 9.97. The number of ether oxygens (including phenoxy) is 1. The fraction of sp³-hybridized carbons (Fsp3) is 0.500. The van der Waals surface area contributed by atoms with Gasteiger partial charge in [-0.15, -0.1) is 0 Å². The summed E-state index contributed by atoms with van der Waals surface area (Å²) >= 11 is 0. The summed E-state index contributed by atoms with van der Waals surface area (Å²) in [5, 5.41) is 3.83. The molecule has 1 heterocycles. The van der Waals surface area contributed by atoms with E-state index in [1.54, 1.807) is 0 Å². The molecule has 138 valence electrons. The molecule has 25 heavy (non-hydrogen) atoms. The molecule has 1 aromatic heterocycles. The smallest absolute Gasteiger partial charge is 0.232 e. The molecule has 2 aromatic rings. The first-order valence-corrected chi connectivity index (χ1v) is 9.50. The first-order valence-electron chi connectivity index (χ1n) is 7.84. The zero-order valence-electron chi connectivity index (χ0n) is 14.5. The van der Waals surface area contributed by atoms with E-state index in [2.05, 4.69) is 14.9 Å². The summed E-state index contributed by atoms with van der Waals surface area (Å²) in [5.41, 5.74) is -0.248. The Balaban J connectivity index is 1.73. The quantitative estimate of drug-likeness (QED) is 0.763. The predicted molar refractivity (Wildman–Crippen MR) is 90.4 cm³/mol. The molecule has 2 rings (SSSR count). The van der Waals surface area contributed by atoms with Crippen LogP contribution in [-0.2, 0) is 21.9 Å². The van der Waals surface area contributed by atoms with Crippen molar-refractivity contribution >= 4 is 10.0 Å². The molecule has 1 aromatic carbocycles. The molecular weight excluding hydrogens is 349 g/mol. The summed E-state index contributed by atoms with van der Waals surface area (Å²) in [7, 11) is -3.49. The SMILES string of the molecule is CC(C)(C)c1nc(CCNS(=O)(=O)CCOc2ccc(F)cc2)no1. The average molecular weight is 371 g/mol. The molecule has 0 saturated heterocycles. The Labute approximate surface area is 146 Å². The molecule has 0 amide bonds. The van der Waals surface area contributed by atoms with Crippen molar-refractivity contribution in [3.8, 4) is 5.75 Å². The normalized spacial score (nSPS) is 12.3. The Morgan fingerprint density at radius 3 is 2.52 bits per heavy atom. The highest BCUT2D eigenvalue weighted by molar-refractivity contribution is 7.89. The standard InChI is InChI=1S/C16H22FN3O4S/c1-16(2,3)15-19-14(20-24-15)8-9-18-25(21,22)11-10-23-13-6-4-12(17)5-7-13/h4-7,18H,8-11H2,1-3H3. The van der Waals surface area contributed by atoms with Crippen LogP contribution in [0.1, 0.15) is 32.5 Å². The van der Waals surface area contributed by atoms with E-state index in [0.29, 0.717) is 23.9 Å². The first-order chi connectivity index (χ1) is 11.7. The van der Waals surface area contributed by atoms with E-state index in [1.165, 1.54) is 24.3 Å². The van der Waals surface area contributed by atoms with Crippen LogP contribution in [0.5, 0.6) is 5.75 Å². The van der Waals surface area contributed by atoms with Gasteiger partial charge in [0.2, 0.25) is 15.9 Å². The van der Waals surface area contributed by atoms with E-state index in [4.69, 9.17) is 9.26 Å². The van der Waals surface area contributed by atoms with Crippen molar-refractivity contribution in [2.75, 3.05) is 18.9 Å². The lowest BCUT2D eigenvalue weighted by Crippen LogP contribution is -2.30. The van der Waals surface area contributed by atoms with Crippen LogP contribution in [0.3, 0.4) is 0 Å². The molecule has 0 bridgehead atoms. The highest BCUT2D eigenvalue weighted by atomic mass is 32.2. The summed E-state index contributed by atoms with van der Waals surface area (Å²) in [6, 6.07) is 5.38. The Morgan fingerprint density at radius 1 is 1.24 bits per heavy atom. The second-order valence-electron chi connectivity index (χ2n) is 6.53. The van der Waals surface area contributed by atoms with Gasteiger partial charge in [-0.05, 0) is 24.3 Å². The van der Waals surface area contributed by atoms with Crippen LogP contribution in [0.15, 0.2) is 28.8 Å². The van der Waals surface area contributed by atoms with Crippen LogP contribution in [-0.4, -0.2) is 37.5 Å². The molecule has 0 spiro atoms. The van der Waals surface area contributed by atoms with E-state index in [0.717, 1.165) is 0 Å². The third-order valence-corrected chi connectivity index (χ3v) is 4.56. The van der Waals surface area contributed by atoms with Crippen LogP contribution >= 0.6 is 0 Å². The van der Waals surface area contributed by atoms with Gasteiger partial charge >= 0.3 is 0 Å². The highest BCUT2D eigenvalue weighted by Crippen LogP contribution is 2.19. The first kappa shape index (κ1) is 19.3. The fourth-order valence-electron chi connectivity index (χ4n) is 1.85. The van der Waals surface area contributed by atoms with Gasteiger partial charge in [0.05, 0.1) is 5.75 Å². The lowest BCUT2D eigenvalue weighted by Gasteiger charge is -2.10. The van der Waals surface area contributed by atoms with E-state index in [1.807, 2.05) is 20.8 Å². The summed E-state index contributed by atoms with van der Waals surface area (Å²) in [6.07, 6.45) is 0.331. The van der Waals surface area contributed by atoms with Crippen LogP contribution in [0, 0.1) is 5.82 Å². The molecule has 0 fully saturated rings. The Morgan fingerprint density at radius 2 is 1.92 bits per heavy atom. The van der Waals surface area contributed by atoms with Crippen molar-refractivity contribution in [1.82, 2.24) is 14.9 Å². The van der Waals surface area contributed by atoms with Gasteiger partial charge in [0.25, 0.3) is 0 Å². The Kier molecular flexibility index (Phi) is 6.12. The van der Waals surface area contributed by atoms with Crippen LogP contribution in [0.2, 0.25) is 0 Å². The van der Waals surface area contributed by atoms with Crippen molar-refractivity contribution < 1.29 is 22.1 Å². The van der Waals surface area contributed by atoms with Crippen LogP contribution in [0.25, 0.3) is 0 Å². The molecule has 1 N–H and O–H groups in total. The number of nitrogens with zero attached hydrogens (tertiary/aromatic N) is 2. The number of benzene rings is 1. The molecule has 7 nitrogen and oxygen atoms in total. The molecule has 0 saturated carbocycles. The van der Waals surface area contributed by atoms with Crippen molar-refractivity contribution in [2.24, 2.45) is 0 Å². The number of sulfonamides is 1. The number of nitrogens with one attached hydrogen (secondary N) is 1. The van der Waals surface area contributed by atoms with E-state index in [-0.39, 0.29) is 30.1 Å². The maximum atomic E-state index is 12.8. The summed E-state index contributed by atoms with van der Waals surface area (Å²) in [6.45, 7) is 6.00. The average Bonchev–Trinajstić information content (AvgIpc) is 2.98. The number of aromatic nitrogens is 2. The number of halogens is 1. The largest absolute Gasteiger partial charge is 0.492 e. The summed E-state index contributed by atoms with van der Waals surface area (Å²) < 4.78 is 49.5. The molecule has 0 radical (unpaired) electrons. The topological polar surface area (TPSA) is 94.3 Å². The van der Waals surface area contributed by atoms with Gasteiger partial charge in [-0.25, -0.2) is 17.5 Å². The second-order valence-corrected chi connectivity index (χ2v) is 8.46. The Bertz CT molecular complexity index is 782. The third-order valence-electron chi connectivity index (χ3n) is 3.21. The highest BCUT2D eigenvalue weighted by Gasteiger charge is 2.21. The van der Waals surface area contributed by atoms with Gasteiger partial charge in [-0.1, -0.05) is 25.9 Å². The van der Waals surface area contributed by atoms with Crippen molar-refractivity contribution in [2.45, 2.75) is 32.6 Å². The van der Waals surface area contributed by atoms with Crippen molar-refractivity contribution in [1.29, 1.82) is 0 Å². The molecule has 0 atom stereocenters. The number of rotatable bonds is 8. The maximum Gasteiger partial charge on any atom is 0.232 e. The minimum absolute atomic E-state index is 0.0304. The lowest BCUT2D eigenvalue weighted by molar-refractivity contribution is 0.318. The van der Waals surface area contributed by atoms with E-state index < -0.39 is 10.0 Å².